The monoisotopic (exact) mass is 783 g/mol. The molecule has 1 aliphatic rings. The van der Waals surface area contributed by atoms with E-state index in [2.05, 4.69) is 184 Å². The molecule has 12 rings (SSSR count). The molecule has 2 heterocycles. The van der Waals surface area contributed by atoms with Crippen molar-refractivity contribution in [1.82, 2.24) is 15.0 Å². The fourth-order valence-corrected chi connectivity index (χ4v) is 10.7. The summed E-state index contributed by atoms with van der Waals surface area (Å²) in [7, 11) is 0. The molecule has 0 spiro atoms. The number of hydrogen-bond donors (Lipinski definition) is 0. The average Bonchev–Trinajstić information content (AvgIpc) is 3.80. The molecule has 1 aliphatic carbocycles. The zero-order valence-electron chi connectivity index (χ0n) is 33.1. The van der Waals surface area contributed by atoms with Gasteiger partial charge in [0.25, 0.3) is 0 Å². The topological polar surface area (TPSA) is 38.7 Å². The molecule has 0 amide bonds. The van der Waals surface area contributed by atoms with Crippen LogP contribution in [0.4, 0.5) is 0 Å². The molecular formula is C56H37N3S. The van der Waals surface area contributed by atoms with Gasteiger partial charge < -0.3 is 0 Å². The lowest BCUT2D eigenvalue weighted by Crippen LogP contribution is -2.14. The Labute approximate surface area is 352 Å². The summed E-state index contributed by atoms with van der Waals surface area (Å²) < 4.78 is 2.44. The summed E-state index contributed by atoms with van der Waals surface area (Å²) in [5, 5.41) is 7.43. The number of benzene rings is 9. The molecule has 0 N–H and O–H groups in total. The van der Waals surface area contributed by atoms with Crippen LogP contribution in [0, 0.1) is 0 Å². The minimum atomic E-state index is -0.0353. The maximum Gasteiger partial charge on any atom is 0.164 e. The van der Waals surface area contributed by atoms with Gasteiger partial charge in [-0.15, -0.1) is 11.3 Å². The van der Waals surface area contributed by atoms with Crippen LogP contribution < -0.4 is 0 Å². The zero-order valence-corrected chi connectivity index (χ0v) is 34.0. The van der Waals surface area contributed by atoms with Gasteiger partial charge in [-0.2, -0.15) is 0 Å². The van der Waals surface area contributed by atoms with Crippen molar-refractivity contribution in [2.75, 3.05) is 0 Å². The van der Waals surface area contributed by atoms with E-state index in [1.807, 2.05) is 29.5 Å². The summed E-state index contributed by atoms with van der Waals surface area (Å²) in [6.07, 6.45) is 0. The van der Waals surface area contributed by atoms with E-state index in [4.69, 9.17) is 15.0 Å². The Morgan fingerprint density at radius 3 is 1.87 bits per heavy atom. The first kappa shape index (κ1) is 34.7. The molecule has 2 aromatic heterocycles. The van der Waals surface area contributed by atoms with Crippen LogP contribution in [0.3, 0.4) is 0 Å². The first-order valence-electron chi connectivity index (χ1n) is 20.5. The lowest BCUT2D eigenvalue weighted by molar-refractivity contribution is 0.660. The van der Waals surface area contributed by atoms with Gasteiger partial charge >= 0.3 is 0 Å². The van der Waals surface area contributed by atoms with E-state index in [0.29, 0.717) is 17.5 Å². The number of nitrogens with zero attached hydrogens (tertiary/aromatic N) is 3. The molecule has 0 fully saturated rings. The second-order valence-electron chi connectivity index (χ2n) is 16.4. The summed E-state index contributed by atoms with van der Waals surface area (Å²) in [5.41, 5.74) is 13.0. The first-order valence-corrected chi connectivity index (χ1v) is 21.3. The highest BCUT2D eigenvalue weighted by Crippen LogP contribution is 2.50. The van der Waals surface area contributed by atoms with Crippen molar-refractivity contribution < 1.29 is 0 Å². The SMILES string of the molecule is CC1(C)c2ccccc2-c2cc(-c3cccc(-c4nc(-c5ccccc5)nc(-c5cccc6sc7cc(-c8cc9ccccc9c9ccccc89)ccc7c56)n4)c3)ccc21. The van der Waals surface area contributed by atoms with Crippen molar-refractivity contribution in [3.05, 3.63) is 199 Å². The molecule has 4 heteroatoms. The fourth-order valence-electron chi connectivity index (χ4n) is 9.55. The molecule has 0 radical (unpaired) electrons. The minimum Gasteiger partial charge on any atom is -0.208 e. The van der Waals surface area contributed by atoms with Gasteiger partial charge in [0.2, 0.25) is 0 Å². The van der Waals surface area contributed by atoms with Gasteiger partial charge in [0.15, 0.2) is 17.5 Å². The largest absolute Gasteiger partial charge is 0.208 e. The molecule has 0 saturated heterocycles. The highest BCUT2D eigenvalue weighted by atomic mass is 32.1. The first-order chi connectivity index (χ1) is 29.5. The van der Waals surface area contributed by atoms with Gasteiger partial charge in [-0.1, -0.05) is 172 Å². The van der Waals surface area contributed by atoms with Crippen molar-refractivity contribution in [2.45, 2.75) is 19.3 Å². The van der Waals surface area contributed by atoms with E-state index in [9.17, 15) is 0 Å². The molecule has 0 aliphatic heterocycles. The smallest absolute Gasteiger partial charge is 0.164 e. The van der Waals surface area contributed by atoms with Gasteiger partial charge in [0, 0.05) is 42.3 Å². The molecule has 0 saturated carbocycles. The third-order valence-corrected chi connectivity index (χ3v) is 13.6. The van der Waals surface area contributed by atoms with Gasteiger partial charge in [-0.05, 0) is 96.4 Å². The Hall–Kier alpha value is -7.27. The highest BCUT2D eigenvalue weighted by Gasteiger charge is 2.35. The van der Waals surface area contributed by atoms with Crippen LogP contribution in [0.1, 0.15) is 25.0 Å². The molecule has 11 aromatic rings. The van der Waals surface area contributed by atoms with Crippen LogP contribution in [0.5, 0.6) is 0 Å². The fraction of sp³-hybridized carbons (Fsp3) is 0.0536. The van der Waals surface area contributed by atoms with Crippen LogP contribution >= 0.6 is 11.3 Å². The maximum absolute atomic E-state index is 5.29. The average molecular weight is 784 g/mol. The molecule has 9 aromatic carbocycles. The van der Waals surface area contributed by atoms with Crippen molar-refractivity contribution in [3.8, 4) is 67.5 Å². The molecule has 0 unspecified atom stereocenters. The van der Waals surface area contributed by atoms with Crippen molar-refractivity contribution in [3.63, 3.8) is 0 Å². The van der Waals surface area contributed by atoms with Crippen LogP contribution in [-0.4, -0.2) is 15.0 Å². The quantitative estimate of drug-likeness (QED) is 0.163. The molecule has 282 valence electrons. The van der Waals surface area contributed by atoms with Crippen molar-refractivity contribution in [2.24, 2.45) is 0 Å². The van der Waals surface area contributed by atoms with Gasteiger partial charge in [-0.3, -0.25) is 0 Å². The van der Waals surface area contributed by atoms with Gasteiger partial charge in [0.05, 0.1) is 0 Å². The van der Waals surface area contributed by atoms with Crippen LogP contribution in [0.15, 0.2) is 188 Å². The van der Waals surface area contributed by atoms with Crippen LogP contribution in [0.25, 0.3) is 109 Å². The summed E-state index contributed by atoms with van der Waals surface area (Å²) >= 11 is 1.82. The van der Waals surface area contributed by atoms with Crippen molar-refractivity contribution in [1.29, 1.82) is 0 Å². The zero-order chi connectivity index (χ0) is 40.0. The molecule has 3 nitrogen and oxygen atoms in total. The Morgan fingerprint density at radius 1 is 0.350 bits per heavy atom. The number of hydrogen-bond acceptors (Lipinski definition) is 4. The van der Waals surface area contributed by atoms with Crippen LogP contribution in [-0.2, 0) is 5.41 Å². The second-order valence-corrected chi connectivity index (χ2v) is 17.5. The molecule has 0 atom stereocenters. The number of aromatic nitrogens is 3. The second kappa shape index (κ2) is 13.4. The van der Waals surface area contributed by atoms with E-state index in [-0.39, 0.29) is 5.41 Å². The normalized spacial score (nSPS) is 13.0. The highest BCUT2D eigenvalue weighted by molar-refractivity contribution is 7.26. The number of fused-ring (bicyclic) bond motifs is 9. The number of rotatable bonds is 5. The molecule has 0 bridgehead atoms. The van der Waals surface area contributed by atoms with Gasteiger partial charge in [0.1, 0.15) is 0 Å². The lowest BCUT2D eigenvalue weighted by atomic mass is 9.82. The van der Waals surface area contributed by atoms with Crippen LogP contribution in [0.2, 0.25) is 0 Å². The van der Waals surface area contributed by atoms with E-state index in [1.54, 1.807) is 0 Å². The van der Waals surface area contributed by atoms with E-state index >= 15 is 0 Å². The summed E-state index contributed by atoms with van der Waals surface area (Å²) in [4.78, 5) is 15.6. The summed E-state index contributed by atoms with van der Waals surface area (Å²) in [5.74, 6) is 1.96. The van der Waals surface area contributed by atoms with E-state index in [0.717, 1.165) is 22.3 Å². The van der Waals surface area contributed by atoms with Crippen molar-refractivity contribution >= 4 is 53.1 Å². The third kappa shape index (κ3) is 5.45. The lowest BCUT2D eigenvalue weighted by Gasteiger charge is -2.21. The minimum absolute atomic E-state index is 0.0353. The summed E-state index contributed by atoms with van der Waals surface area (Å²) in [6, 6.07) is 67.8. The Balaban J connectivity index is 0.996. The summed E-state index contributed by atoms with van der Waals surface area (Å²) in [6.45, 7) is 4.65. The predicted octanol–water partition coefficient (Wildman–Crippen LogP) is 15.2. The maximum atomic E-state index is 5.29. The Bertz CT molecular complexity index is 3530. The van der Waals surface area contributed by atoms with E-state index < -0.39 is 0 Å². The Kier molecular flexibility index (Phi) is 7.75. The third-order valence-electron chi connectivity index (χ3n) is 12.5. The number of thiophene rings is 1. The standard InChI is InChI=1S/C56H37N3S/c1-56(2)48-24-11-10-22-43(48)47-31-36(27-29-49(47)56)35-17-12-18-39(30-35)54-57-53(34-14-4-3-5-15-34)58-55(59-54)45-23-13-25-50-52(45)44-28-26-38(33-51(44)60-50)46-32-37-16-6-7-19-40(37)41-20-8-9-21-42(41)46/h3-33H,1-2H3. The van der Waals surface area contributed by atoms with Gasteiger partial charge in [-0.25, -0.2) is 15.0 Å². The Morgan fingerprint density at radius 2 is 0.983 bits per heavy atom. The predicted molar refractivity (Wildman–Crippen MR) is 252 cm³/mol. The van der Waals surface area contributed by atoms with E-state index in [1.165, 1.54) is 80.7 Å². The molecule has 60 heavy (non-hydrogen) atoms. The molecular weight excluding hydrogens is 747 g/mol.